The van der Waals surface area contributed by atoms with Gasteiger partial charge >= 0.3 is 0 Å². The van der Waals surface area contributed by atoms with Crippen molar-refractivity contribution in [3.63, 3.8) is 0 Å². The van der Waals surface area contributed by atoms with E-state index in [9.17, 15) is 19.8 Å². The molecule has 4 atom stereocenters. The van der Waals surface area contributed by atoms with Crippen LogP contribution in [-0.2, 0) is 11.2 Å². The number of aryl methyl sites for hydroxylation is 1. The SMILES string of the molecule is CC(C)(C)NC(=O)[C@@H]1C[C@@H]2CCCC[C@@H]2CN1CC(O)CCc1ccccc1C(=O)N(CCO)C(C)(C)C. The zero-order chi connectivity index (χ0) is 28.1. The molecule has 1 saturated carbocycles. The standard InChI is InChI=1S/C31H51N3O4/c1-30(2,3)32-28(37)27-19-23-12-7-8-13-24(23)20-33(27)21-25(36)16-15-22-11-9-10-14-26(22)29(38)34(17-18-35)31(4,5)6/h9-11,14,23-25,27,35-36H,7-8,12-13,15-21H2,1-6H3,(H,32,37)/t23-,24+,25?,27-/m0/s1. The Bertz CT molecular complexity index is 936. The van der Waals surface area contributed by atoms with Gasteiger partial charge in [0.15, 0.2) is 0 Å². The Balaban J connectivity index is 1.69. The molecule has 3 rings (SSSR count). The second kappa shape index (κ2) is 12.9. The molecular weight excluding hydrogens is 478 g/mol. The van der Waals surface area contributed by atoms with E-state index >= 15 is 0 Å². The number of carbonyl (C=O) groups excluding carboxylic acids is 2. The van der Waals surface area contributed by atoms with Crippen molar-refractivity contribution in [3.05, 3.63) is 35.4 Å². The number of rotatable bonds is 9. The Morgan fingerprint density at radius 2 is 1.74 bits per heavy atom. The summed E-state index contributed by atoms with van der Waals surface area (Å²) in [6.45, 7) is 13.4. The van der Waals surface area contributed by atoms with Crippen LogP contribution in [-0.4, -0.2) is 81.3 Å². The van der Waals surface area contributed by atoms with Crippen molar-refractivity contribution in [1.82, 2.24) is 15.1 Å². The van der Waals surface area contributed by atoms with E-state index in [0.717, 1.165) is 18.5 Å². The van der Waals surface area contributed by atoms with Crippen LogP contribution in [0.25, 0.3) is 0 Å². The minimum absolute atomic E-state index is 0.0656. The van der Waals surface area contributed by atoms with E-state index < -0.39 is 11.6 Å². The van der Waals surface area contributed by atoms with Crippen LogP contribution in [0.3, 0.4) is 0 Å². The number of β-amino-alcohol motifs (C(OH)–C–C–N with tert-alkyl or cyclic N) is 2. The molecule has 3 N–H and O–H groups in total. The molecular formula is C31H51N3O4. The molecule has 38 heavy (non-hydrogen) atoms. The first-order valence-corrected chi connectivity index (χ1v) is 14.5. The molecule has 2 amide bonds. The molecule has 7 nitrogen and oxygen atoms in total. The molecule has 1 aliphatic carbocycles. The van der Waals surface area contributed by atoms with Gasteiger partial charge in [0.05, 0.1) is 18.8 Å². The van der Waals surface area contributed by atoms with E-state index in [1.54, 1.807) is 4.90 Å². The minimum atomic E-state index is -0.598. The van der Waals surface area contributed by atoms with Crippen LogP contribution in [0.1, 0.15) is 96.0 Å². The molecule has 0 bridgehead atoms. The fourth-order valence-electron chi connectivity index (χ4n) is 6.24. The van der Waals surface area contributed by atoms with E-state index in [2.05, 4.69) is 10.2 Å². The van der Waals surface area contributed by atoms with Gasteiger partial charge in [0.2, 0.25) is 5.91 Å². The summed E-state index contributed by atoms with van der Waals surface area (Å²) in [7, 11) is 0. The smallest absolute Gasteiger partial charge is 0.254 e. The van der Waals surface area contributed by atoms with Crippen LogP contribution in [0, 0.1) is 11.8 Å². The lowest BCUT2D eigenvalue weighted by atomic mass is 9.72. The maximum absolute atomic E-state index is 13.4. The summed E-state index contributed by atoms with van der Waals surface area (Å²) in [4.78, 5) is 30.6. The van der Waals surface area contributed by atoms with Crippen molar-refractivity contribution in [3.8, 4) is 0 Å². The van der Waals surface area contributed by atoms with Gasteiger partial charge in [0, 0.05) is 36.3 Å². The Hall–Kier alpha value is -1.96. The van der Waals surface area contributed by atoms with Crippen molar-refractivity contribution in [2.75, 3.05) is 26.2 Å². The van der Waals surface area contributed by atoms with Crippen molar-refractivity contribution < 1.29 is 19.8 Å². The normalized spacial score (nSPS) is 23.4. The highest BCUT2D eigenvalue weighted by Gasteiger charge is 2.41. The molecule has 1 saturated heterocycles. The summed E-state index contributed by atoms with van der Waals surface area (Å²) in [5, 5.41) is 23.8. The summed E-state index contributed by atoms with van der Waals surface area (Å²) >= 11 is 0. The predicted molar refractivity (Wildman–Crippen MR) is 152 cm³/mol. The highest BCUT2D eigenvalue weighted by Crippen LogP contribution is 2.39. The summed E-state index contributed by atoms with van der Waals surface area (Å²) in [6.07, 6.45) is 6.26. The van der Waals surface area contributed by atoms with Crippen LogP contribution >= 0.6 is 0 Å². The van der Waals surface area contributed by atoms with Gasteiger partial charge in [0.1, 0.15) is 0 Å². The number of likely N-dealkylation sites (tertiary alicyclic amines) is 1. The average molecular weight is 530 g/mol. The Kier molecular flexibility index (Phi) is 10.4. The van der Waals surface area contributed by atoms with E-state index in [-0.39, 0.29) is 36.5 Å². The third-order valence-electron chi connectivity index (χ3n) is 8.12. The lowest BCUT2D eigenvalue weighted by Crippen LogP contribution is -2.58. The largest absolute Gasteiger partial charge is 0.395 e. The number of nitrogens with zero attached hydrogens (tertiary/aromatic N) is 2. The summed E-state index contributed by atoms with van der Waals surface area (Å²) < 4.78 is 0. The van der Waals surface area contributed by atoms with Crippen LogP contribution in [0.2, 0.25) is 0 Å². The highest BCUT2D eigenvalue weighted by molar-refractivity contribution is 5.96. The van der Waals surface area contributed by atoms with E-state index in [1.165, 1.54) is 25.7 Å². The van der Waals surface area contributed by atoms with Gasteiger partial charge in [-0.3, -0.25) is 14.5 Å². The molecule has 1 heterocycles. The van der Waals surface area contributed by atoms with E-state index in [0.29, 0.717) is 36.8 Å². The molecule has 2 fully saturated rings. The van der Waals surface area contributed by atoms with Gasteiger partial charge in [-0.05, 0) is 90.7 Å². The Labute approximate surface area is 230 Å². The molecule has 0 aromatic heterocycles. The third kappa shape index (κ3) is 8.27. The molecule has 7 heteroatoms. The van der Waals surface area contributed by atoms with Crippen LogP contribution in [0.15, 0.2) is 24.3 Å². The first-order chi connectivity index (χ1) is 17.8. The highest BCUT2D eigenvalue weighted by atomic mass is 16.3. The number of amides is 2. The maximum atomic E-state index is 13.4. The van der Waals surface area contributed by atoms with E-state index in [1.807, 2.05) is 65.8 Å². The van der Waals surface area contributed by atoms with Gasteiger partial charge in [-0.1, -0.05) is 37.5 Å². The Morgan fingerprint density at radius 3 is 2.37 bits per heavy atom. The van der Waals surface area contributed by atoms with Gasteiger partial charge in [-0.25, -0.2) is 0 Å². The first-order valence-electron chi connectivity index (χ1n) is 14.5. The molecule has 214 valence electrons. The number of carbonyl (C=O) groups is 2. The fraction of sp³-hybridized carbons (Fsp3) is 0.742. The van der Waals surface area contributed by atoms with Crippen LogP contribution in [0.4, 0.5) is 0 Å². The molecule has 0 radical (unpaired) electrons. The summed E-state index contributed by atoms with van der Waals surface area (Å²) in [5.41, 5.74) is 0.809. The van der Waals surface area contributed by atoms with E-state index in [4.69, 9.17) is 0 Å². The number of nitrogens with one attached hydrogen (secondary N) is 1. The molecule has 1 aromatic rings. The van der Waals surface area contributed by atoms with Crippen LogP contribution < -0.4 is 5.32 Å². The first kappa shape index (κ1) is 30.6. The predicted octanol–water partition coefficient (Wildman–Crippen LogP) is 4.01. The number of aliphatic hydroxyl groups excluding tert-OH is 2. The molecule has 1 unspecified atom stereocenters. The Morgan fingerprint density at radius 1 is 1.08 bits per heavy atom. The quantitative estimate of drug-likeness (QED) is 0.450. The number of hydrogen-bond acceptors (Lipinski definition) is 5. The second-order valence-corrected chi connectivity index (χ2v) is 13.5. The number of piperidine rings is 1. The van der Waals surface area contributed by atoms with Gasteiger partial charge in [-0.15, -0.1) is 0 Å². The van der Waals surface area contributed by atoms with Crippen LogP contribution in [0.5, 0.6) is 0 Å². The van der Waals surface area contributed by atoms with Crippen molar-refractivity contribution in [1.29, 1.82) is 0 Å². The number of fused-ring (bicyclic) bond motifs is 1. The fourth-order valence-corrected chi connectivity index (χ4v) is 6.24. The zero-order valence-electron chi connectivity index (χ0n) is 24.5. The van der Waals surface area contributed by atoms with Gasteiger partial charge < -0.3 is 20.4 Å². The van der Waals surface area contributed by atoms with Crippen molar-refractivity contribution >= 4 is 11.8 Å². The lowest BCUT2D eigenvalue weighted by Gasteiger charge is -2.46. The van der Waals surface area contributed by atoms with Gasteiger partial charge in [-0.2, -0.15) is 0 Å². The molecule has 1 aromatic carbocycles. The average Bonchev–Trinajstić information content (AvgIpc) is 2.83. The second-order valence-electron chi connectivity index (χ2n) is 13.5. The minimum Gasteiger partial charge on any atom is -0.395 e. The number of benzene rings is 1. The zero-order valence-corrected chi connectivity index (χ0v) is 24.5. The summed E-state index contributed by atoms with van der Waals surface area (Å²) in [5.74, 6) is 1.16. The monoisotopic (exact) mass is 529 g/mol. The van der Waals surface area contributed by atoms with Crippen molar-refractivity contribution in [2.24, 2.45) is 11.8 Å². The summed E-state index contributed by atoms with van der Waals surface area (Å²) in [6, 6.07) is 7.36. The molecule has 0 spiro atoms. The topological polar surface area (TPSA) is 93.1 Å². The molecule has 2 aliphatic rings. The van der Waals surface area contributed by atoms with Crippen molar-refractivity contribution in [2.45, 2.75) is 110 Å². The maximum Gasteiger partial charge on any atom is 0.254 e. The third-order valence-corrected chi connectivity index (χ3v) is 8.12. The number of hydrogen-bond donors (Lipinski definition) is 3. The molecule has 1 aliphatic heterocycles. The van der Waals surface area contributed by atoms with Gasteiger partial charge in [0.25, 0.3) is 5.91 Å². The number of aliphatic hydroxyl groups is 2. The lowest BCUT2D eigenvalue weighted by molar-refractivity contribution is -0.132.